The Morgan fingerprint density at radius 2 is 1.95 bits per heavy atom. The van der Waals surface area contributed by atoms with Gasteiger partial charge in [0.1, 0.15) is 0 Å². The highest BCUT2D eigenvalue weighted by Crippen LogP contribution is 2.13. The van der Waals surface area contributed by atoms with E-state index in [4.69, 9.17) is 4.74 Å². The van der Waals surface area contributed by atoms with Crippen molar-refractivity contribution >= 4 is 11.8 Å². The van der Waals surface area contributed by atoms with Crippen LogP contribution < -0.4 is 4.74 Å². The topological polar surface area (TPSA) is 59.5 Å². The first-order valence-corrected chi connectivity index (χ1v) is 5.95. The van der Waals surface area contributed by atoms with Gasteiger partial charge in [-0.3, -0.25) is 14.5 Å². The Morgan fingerprint density at radius 3 is 2.63 bits per heavy atom. The van der Waals surface area contributed by atoms with E-state index in [1.54, 1.807) is 6.07 Å². The van der Waals surface area contributed by atoms with Crippen LogP contribution in [0.25, 0.3) is 0 Å². The fraction of sp³-hybridized carbons (Fsp3) is 0.308. The van der Waals surface area contributed by atoms with Crippen LogP contribution in [-0.4, -0.2) is 34.8 Å². The standard InChI is InChI=1S/C13H13FN2O3/c14-13-10(4-3-7-15-13)19-9-2-1-8-16-11(17)5-6-12(16)18/h3-7H,1-2,8-9H2. The summed E-state index contributed by atoms with van der Waals surface area (Å²) in [6.45, 7) is 0.663. The van der Waals surface area contributed by atoms with Gasteiger partial charge in [-0.2, -0.15) is 4.39 Å². The van der Waals surface area contributed by atoms with Crippen molar-refractivity contribution in [3.8, 4) is 5.75 Å². The van der Waals surface area contributed by atoms with Crippen LogP contribution in [-0.2, 0) is 9.59 Å². The first kappa shape index (κ1) is 13.2. The average Bonchev–Trinajstić information content (AvgIpc) is 2.72. The largest absolute Gasteiger partial charge is 0.489 e. The van der Waals surface area contributed by atoms with E-state index in [2.05, 4.69) is 4.98 Å². The summed E-state index contributed by atoms with van der Waals surface area (Å²) < 4.78 is 18.3. The Morgan fingerprint density at radius 1 is 1.21 bits per heavy atom. The molecule has 100 valence electrons. The molecule has 0 fully saturated rings. The Hall–Kier alpha value is -2.24. The average molecular weight is 264 g/mol. The summed E-state index contributed by atoms with van der Waals surface area (Å²) in [5.74, 6) is -1.11. The van der Waals surface area contributed by atoms with E-state index in [9.17, 15) is 14.0 Å². The van der Waals surface area contributed by atoms with Gasteiger partial charge in [-0.15, -0.1) is 0 Å². The molecule has 19 heavy (non-hydrogen) atoms. The highest BCUT2D eigenvalue weighted by atomic mass is 19.1. The number of ether oxygens (including phenoxy) is 1. The van der Waals surface area contributed by atoms with Crippen molar-refractivity contribution in [2.75, 3.05) is 13.2 Å². The van der Waals surface area contributed by atoms with Gasteiger partial charge in [-0.25, -0.2) is 4.98 Å². The molecule has 0 aliphatic carbocycles. The number of unbranched alkanes of at least 4 members (excludes halogenated alkanes) is 1. The predicted molar refractivity (Wildman–Crippen MR) is 64.8 cm³/mol. The minimum atomic E-state index is -0.642. The third kappa shape index (κ3) is 3.37. The van der Waals surface area contributed by atoms with Crippen LogP contribution >= 0.6 is 0 Å². The van der Waals surface area contributed by atoms with Crippen molar-refractivity contribution in [2.24, 2.45) is 0 Å². The van der Waals surface area contributed by atoms with Crippen LogP contribution in [0.3, 0.4) is 0 Å². The van der Waals surface area contributed by atoms with Crippen molar-refractivity contribution in [1.82, 2.24) is 9.88 Å². The van der Waals surface area contributed by atoms with Gasteiger partial charge in [0.25, 0.3) is 17.8 Å². The second kappa shape index (κ2) is 6.08. The number of nitrogens with zero attached hydrogens (tertiary/aromatic N) is 2. The molecule has 5 nitrogen and oxygen atoms in total. The number of imide groups is 1. The number of aromatic nitrogens is 1. The highest BCUT2D eigenvalue weighted by molar-refractivity contribution is 6.12. The van der Waals surface area contributed by atoms with Crippen molar-refractivity contribution < 1.29 is 18.7 Å². The molecule has 1 aromatic heterocycles. The second-order valence-corrected chi connectivity index (χ2v) is 4.01. The third-order valence-corrected chi connectivity index (χ3v) is 2.66. The zero-order chi connectivity index (χ0) is 13.7. The zero-order valence-electron chi connectivity index (χ0n) is 10.2. The molecule has 2 amide bonds. The molecule has 0 saturated heterocycles. The monoisotopic (exact) mass is 264 g/mol. The molecule has 2 heterocycles. The molecule has 0 saturated carbocycles. The number of amides is 2. The van der Waals surface area contributed by atoms with Crippen molar-refractivity contribution in [1.29, 1.82) is 0 Å². The molecule has 0 bridgehead atoms. The van der Waals surface area contributed by atoms with Crippen LogP contribution in [0.1, 0.15) is 12.8 Å². The van der Waals surface area contributed by atoms with Gasteiger partial charge in [0.2, 0.25) is 0 Å². The summed E-state index contributed by atoms with van der Waals surface area (Å²) in [6.07, 6.45) is 5.08. The zero-order valence-corrected chi connectivity index (χ0v) is 10.2. The molecule has 0 atom stereocenters. The lowest BCUT2D eigenvalue weighted by molar-refractivity contribution is -0.136. The van der Waals surface area contributed by atoms with Crippen LogP contribution in [0.15, 0.2) is 30.5 Å². The van der Waals surface area contributed by atoms with Crippen LogP contribution in [0.5, 0.6) is 5.75 Å². The Labute approximate surface area is 109 Å². The number of carbonyl (C=O) groups is 2. The number of halogens is 1. The second-order valence-electron chi connectivity index (χ2n) is 4.01. The lowest BCUT2D eigenvalue weighted by Gasteiger charge is -2.13. The third-order valence-electron chi connectivity index (χ3n) is 2.66. The first-order chi connectivity index (χ1) is 9.18. The van der Waals surface area contributed by atoms with Gasteiger partial charge in [-0.1, -0.05) is 0 Å². The maximum atomic E-state index is 13.1. The fourth-order valence-electron chi connectivity index (χ4n) is 1.68. The molecule has 2 rings (SSSR count). The van der Waals surface area contributed by atoms with E-state index < -0.39 is 5.95 Å². The van der Waals surface area contributed by atoms with E-state index in [0.717, 1.165) is 0 Å². The summed E-state index contributed by atoms with van der Waals surface area (Å²) in [4.78, 5) is 27.1. The Kier molecular flexibility index (Phi) is 4.22. The Balaban J connectivity index is 1.67. The highest BCUT2D eigenvalue weighted by Gasteiger charge is 2.22. The van der Waals surface area contributed by atoms with Crippen LogP contribution in [0.4, 0.5) is 4.39 Å². The maximum Gasteiger partial charge on any atom is 0.255 e. The van der Waals surface area contributed by atoms with Crippen molar-refractivity contribution in [3.05, 3.63) is 36.4 Å². The SMILES string of the molecule is O=C1C=CC(=O)N1CCCCOc1cccnc1F. The molecule has 0 unspecified atom stereocenters. The van der Waals surface area contributed by atoms with Gasteiger partial charge in [0.15, 0.2) is 5.75 Å². The first-order valence-electron chi connectivity index (χ1n) is 5.95. The van der Waals surface area contributed by atoms with Gasteiger partial charge in [0, 0.05) is 24.9 Å². The van der Waals surface area contributed by atoms with Crippen molar-refractivity contribution in [3.63, 3.8) is 0 Å². The lowest BCUT2D eigenvalue weighted by atomic mass is 10.3. The number of rotatable bonds is 6. The fourth-order valence-corrected chi connectivity index (χ4v) is 1.68. The Bertz CT molecular complexity index is 498. The smallest absolute Gasteiger partial charge is 0.255 e. The molecule has 0 spiro atoms. The van der Waals surface area contributed by atoms with Crippen LogP contribution in [0, 0.1) is 5.95 Å². The molecule has 1 aromatic rings. The molecule has 6 heteroatoms. The maximum absolute atomic E-state index is 13.1. The number of pyridine rings is 1. The number of hydrogen-bond donors (Lipinski definition) is 0. The van der Waals surface area contributed by atoms with Crippen LogP contribution in [0.2, 0.25) is 0 Å². The van der Waals surface area contributed by atoms with E-state index in [1.165, 1.54) is 29.3 Å². The number of hydrogen-bond acceptors (Lipinski definition) is 4. The molecular formula is C13H13FN2O3. The molecule has 0 radical (unpaired) electrons. The van der Waals surface area contributed by atoms with E-state index >= 15 is 0 Å². The quantitative estimate of drug-likeness (QED) is 0.441. The number of carbonyl (C=O) groups excluding carboxylic acids is 2. The summed E-state index contributed by atoms with van der Waals surface area (Å²) in [5, 5.41) is 0. The molecular weight excluding hydrogens is 251 g/mol. The molecule has 1 aliphatic heterocycles. The summed E-state index contributed by atoms with van der Waals surface area (Å²) in [7, 11) is 0. The minimum absolute atomic E-state index is 0.109. The van der Waals surface area contributed by atoms with Gasteiger partial charge in [-0.05, 0) is 25.0 Å². The lowest BCUT2D eigenvalue weighted by Crippen LogP contribution is -2.31. The van der Waals surface area contributed by atoms with E-state index in [1.807, 2.05) is 0 Å². The summed E-state index contributed by atoms with van der Waals surface area (Å²) >= 11 is 0. The van der Waals surface area contributed by atoms with Gasteiger partial charge in [0.05, 0.1) is 6.61 Å². The summed E-state index contributed by atoms with van der Waals surface area (Å²) in [6, 6.07) is 3.09. The van der Waals surface area contributed by atoms with E-state index in [-0.39, 0.29) is 17.6 Å². The molecule has 0 N–H and O–H groups in total. The summed E-state index contributed by atoms with van der Waals surface area (Å²) in [5.41, 5.74) is 0. The van der Waals surface area contributed by atoms with Gasteiger partial charge >= 0.3 is 0 Å². The molecule has 0 aromatic carbocycles. The predicted octanol–water partition coefficient (Wildman–Crippen LogP) is 1.30. The van der Waals surface area contributed by atoms with E-state index in [0.29, 0.717) is 26.0 Å². The van der Waals surface area contributed by atoms with Gasteiger partial charge < -0.3 is 4.74 Å². The normalized spacial score (nSPS) is 14.3. The molecule has 1 aliphatic rings. The minimum Gasteiger partial charge on any atom is -0.489 e. The van der Waals surface area contributed by atoms with Crippen molar-refractivity contribution in [2.45, 2.75) is 12.8 Å².